The first-order valence-electron chi connectivity index (χ1n) is 5.27. The summed E-state index contributed by atoms with van der Waals surface area (Å²) < 4.78 is 5.22. The topological polar surface area (TPSA) is 50.9 Å². The molecule has 0 aromatic heterocycles. The minimum absolute atomic E-state index is 0.277. The van der Waals surface area contributed by atoms with E-state index in [9.17, 15) is 0 Å². The van der Waals surface area contributed by atoms with Gasteiger partial charge in [-0.05, 0) is 24.6 Å². The van der Waals surface area contributed by atoms with Crippen molar-refractivity contribution in [3.8, 4) is 0 Å². The molecule has 1 unspecified atom stereocenters. The van der Waals surface area contributed by atoms with Crippen molar-refractivity contribution < 1.29 is 4.74 Å². The van der Waals surface area contributed by atoms with Gasteiger partial charge >= 0.3 is 0 Å². The second kappa shape index (κ2) is 3.70. The van der Waals surface area contributed by atoms with Crippen LogP contribution in [0.2, 0.25) is 0 Å². The average Bonchev–Trinajstić information content (AvgIpc) is 2.60. The van der Waals surface area contributed by atoms with E-state index in [0.717, 1.165) is 5.56 Å². The summed E-state index contributed by atoms with van der Waals surface area (Å²) >= 11 is 0. The van der Waals surface area contributed by atoms with Crippen LogP contribution < -0.4 is 10.6 Å². The van der Waals surface area contributed by atoms with E-state index in [0.29, 0.717) is 6.61 Å². The predicted molar refractivity (Wildman–Crippen MR) is 65.7 cm³/mol. The summed E-state index contributed by atoms with van der Waals surface area (Å²) in [7, 11) is 4.04. The molecule has 86 valence electrons. The first-order valence-corrected chi connectivity index (χ1v) is 5.27. The van der Waals surface area contributed by atoms with Crippen molar-refractivity contribution in [3.05, 3.63) is 29.8 Å². The molecule has 0 fully saturated rings. The SMILES string of the molecule is CN(C)c1ccc(C2(C)COC(N)=N2)cc1. The Morgan fingerprint density at radius 3 is 2.38 bits per heavy atom. The Bertz CT molecular complexity index is 411. The van der Waals surface area contributed by atoms with Crippen molar-refractivity contribution in [2.24, 2.45) is 10.7 Å². The molecule has 0 amide bonds. The van der Waals surface area contributed by atoms with Crippen molar-refractivity contribution in [1.82, 2.24) is 0 Å². The molecule has 1 heterocycles. The van der Waals surface area contributed by atoms with Crippen LogP contribution >= 0.6 is 0 Å². The van der Waals surface area contributed by atoms with Crippen LogP contribution in [-0.4, -0.2) is 26.7 Å². The molecule has 4 nitrogen and oxygen atoms in total. The molecular formula is C12H17N3O. The van der Waals surface area contributed by atoms with Gasteiger partial charge < -0.3 is 15.4 Å². The Balaban J connectivity index is 2.29. The lowest BCUT2D eigenvalue weighted by Crippen LogP contribution is -2.20. The molecule has 1 atom stereocenters. The van der Waals surface area contributed by atoms with Gasteiger partial charge in [0.05, 0.1) is 0 Å². The third kappa shape index (κ3) is 1.83. The van der Waals surface area contributed by atoms with Gasteiger partial charge in [0.25, 0.3) is 6.02 Å². The molecule has 1 aromatic rings. The molecule has 16 heavy (non-hydrogen) atoms. The Hall–Kier alpha value is -1.71. The highest BCUT2D eigenvalue weighted by molar-refractivity contribution is 5.74. The Morgan fingerprint density at radius 1 is 1.31 bits per heavy atom. The molecule has 0 aliphatic carbocycles. The van der Waals surface area contributed by atoms with E-state index in [4.69, 9.17) is 10.5 Å². The zero-order valence-corrected chi connectivity index (χ0v) is 9.90. The fourth-order valence-corrected chi connectivity index (χ4v) is 1.79. The fraction of sp³-hybridized carbons (Fsp3) is 0.417. The van der Waals surface area contributed by atoms with Gasteiger partial charge in [-0.15, -0.1) is 0 Å². The predicted octanol–water partition coefficient (Wildman–Crippen LogP) is 1.31. The first-order chi connectivity index (χ1) is 7.51. The van der Waals surface area contributed by atoms with Gasteiger partial charge in [-0.3, -0.25) is 0 Å². The summed E-state index contributed by atoms with van der Waals surface area (Å²) in [6.45, 7) is 2.54. The second-order valence-electron chi connectivity index (χ2n) is 4.45. The second-order valence-corrected chi connectivity index (χ2v) is 4.45. The van der Waals surface area contributed by atoms with Gasteiger partial charge in [0.2, 0.25) is 0 Å². The largest absolute Gasteiger partial charge is 0.462 e. The molecule has 1 aromatic carbocycles. The molecule has 0 saturated carbocycles. The van der Waals surface area contributed by atoms with Crippen LogP contribution in [0.5, 0.6) is 0 Å². The monoisotopic (exact) mass is 219 g/mol. The standard InChI is InChI=1S/C12H17N3O/c1-12(8-16-11(13)14-12)9-4-6-10(7-5-9)15(2)3/h4-7H,8H2,1-3H3,(H2,13,14). The highest BCUT2D eigenvalue weighted by atomic mass is 16.5. The molecule has 2 N–H and O–H groups in total. The van der Waals surface area contributed by atoms with Crippen molar-refractivity contribution in [2.45, 2.75) is 12.5 Å². The number of amidine groups is 1. The summed E-state index contributed by atoms with van der Waals surface area (Å²) in [4.78, 5) is 6.39. The summed E-state index contributed by atoms with van der Waals surface area (Å²) in [5.74, 6) is 0. The van der Waals surface area contributed by atoms with Gasteiger partial charge in [0, 0.05) is 19.8 Å². The molecule has 1 aliphatic heterocycles. The number of hydrogen-bond acceptors (Lipinski definition) is 4. The van der Waals surface area contributed by atoms with E-state index in [-0.39, 0.29) is 11.6 Å². The van der Waals surface area contributed by atoms with Crippen LogP contribution in [0.25, 0.3) is 0 Å². The summed E-state index contributed by atoms with van der Waals surface area (Å²) in [6, 6.07) is 8.57. The number of nitrogens with two attached hydrogens (primary N) is 1. The van der Waals surface area contributed by atoms with E-state index >= 15 is 0 Å². The van der Waals surface area contributed by atoms with Crippen LogP contribution in [0.4, 0.5) is 5.69 Å². The quantitative estimate of drug-likeness (QED) is 0.816. The zero-order chi connectivity index (χ0) is 11.8. The maximum atomic E-state index is 5.55. The van der Waals surface area contributed by atoms with Crippen LogP contribution in [0, 0.1) is 0 Å². The van der Waals surface area contributed by atoms with Crippen molar-refractivity contribution in [1.29, 1.82) is 0 Å². The molecule has 0 bridgehead atoms. The number of aliphatic imine (C=N–C) groups is 1. The van der Waals surface area contributed by atoms with Gasteiger partial charge in [0.1, 0.15) is 12.1 Å². The van der Waals surface area contributed by atoms with Crippen LogP contribution in [0.15, 0.2) is 29.3 Å². The number of hydrogen-bond donors (Lipinski definition) is 1. The van der Waals surface area contributed by atoms with Crippen LogP contribution in [0.3, 0.4) is 0 Å². The van der Waals surface area contributed by atoms with Crippen LogP contribution in [0.1, 0.15) is 12.5 Å². The summed E-state index contributed by atoms with van der Waals surface area (Å²) in [6.07, 6.45) is 0. The third-order valence-corrected chi connectivity index (χ3v) is 2.86. The Morgan fingerprint density at radius 2 is 1.94 bits per heavy atom. The van der Waals surface area contributed by atoms with Crippen LogP contribution in [-0.2, 0) is 10.3 Å². The van der Waals surface area contributed by atoms with Gasteiger partial charge in [-0.1, -0.05) is 12.1 Å². The van der Waals surface area contributed by atoms with Crippen molar-refractivity contribution >= 4 is 11.7 Å². The molecule has 0 radical (unpaired) electrons. The fourth-order valence-electron chi connectivity index (χ4n) is 1.79. The van der Waals surface area contributed by atoms with Crippen molar-refractivity contribution in [2.75, 3.05) is 25.6 Å². The smallest absolute Gasteiger partial charge is 0.283 e. The molecule has 1 aliphatic rings. The molecule has 4 heteroatoms. The minimum Gasteiger partial charge on any atom is -0.462 e. The van der Waals surface area contributed by atoms with E-state index < -0.39 is 0 Å². The number of benzene rings is 1. The van der Waals surface area contributed by atoms with E-state index in [2.05, 4.69) is 34.2 Å². The number of anilines is 1. The minimum atomic E-state index is -0.338. The number of rotatable bonds is 2. The molecule has 0 saturated heterocycles. The van der Waals surface area contributed by atoms with E-state index in [1.54, 1.807) is 0 Å². The molecular weight excluding hydrogens is 202 g/mol. The Kier molecular flexibility index (Phi) is 2.50. The first kappa shape index (κ1) is 10.8. The number of ether oxygens (including phenoxy) is 1. The molecule has 2 rings (SSSR count). The number of nitrogens with zero attached hydrogens (tertiary/aromatic N) is 2. The Labute approximate surface area is 95.7 Å². The lowest BCUT2D eigenvalue weighted by molar-refractivity contribution is 0.266. The van der Waals surface area contributed by atoms with Gasteiger partial charge in [-0.2, -0.15) is 0 Å². The van der Waals surface area contributed by atoms with Crippen molar-refractivity contribution in [3.63, 3.8) is 0 Å². The lowest BCUT2D eigenvalue weighted by Gasteiger charge is -2.20. The average molecular weight is 219 g/mol. The normalized spacial score (nSPS) is 23.8. The zero-order valence-electron chi connectivity index (χ0n) is 9.90. The van der Waals surface area contributed by atoms with E-state index in [1.165, 1.54) is 5.69 Å². The van der Waals surface area contributed by atoms with Gasteiger partial charge in [0.15, 0.2) is 0 Å². The molecule has 0 spiro atoms. The lowest BCUT2D eigenvalue weighted by atomic mass is 9.94. The van der Waals surface area contributed by atoms with E-state index in [1.807, 2.05) is 21.0 Å². The van der Waals surface area contributed by atoms with Gasteiger partial charge in [-0.25, -0.2) is 4.99 Å². The third-order valence-electron chi connectivity index (χ3n) is 2.86. The highest BCUT2D eigenvalue weighted by Gasteiger charge is 2.32. The maximum Gasteiger partial charge on any atom is 0.283 e. The highest BCUT2D eigenvalue weighted by Crippen LogP contribution is 2.30. The summed E-state index contributed by atoms with van der Waals surface area (Å²) in [5, 5.41) is 0. The summed E-state index contributed by atoms with van der Waals surface area (Å²) in [5.41, 5.74) is 7.50. The maximum absolute atomic E-state index is 5.55.